The maximum Gasteiger partial charge on any atom is 0.337 e. The van der Waals surface area contributed by atoms with Gasteiger partial charge >= 0.3 is 5.97 Å². The van der Waals surface area contributed by atoms with Crippen LogP contribution in [0.15, 0.2) is 42.5 Å². The summed E-state index contributed by atoms with van der Waals surface area (Å²) < 4.78 is 53.5. The van der Waals surface area contributed by atoms with E-state index >= 15 is 0 Å². The second-order valence-electron chi connectivity index (χ2n) is 4.95. The van der Waals surface area contributed by atoms with Crippen LogP contribution in [0.25, 0.3) is 0 Å². The van der Waals surface area contributed by atoms with E-state index in [1.54, 1.807) is 0 Å². The fourth-order valence-electron chi connectivity index (χ4n) is 2.07. The lowest BCUT2D eigenvalue weighted by Gasteiger charge is -2.18. The molecule has 1 unspecified atom stereocenters. The maximum atomic E-state index is 14.1. The van der Waals surface area contributed by atoms with Gasteiger partial charge in [0.15, 0.2) is 0 Å². The molecule has 0 saturated carbocycles. The van der Waals surface area contributed by atoms with Crippen LogP contribution < -0.4 is 0 Å². The quantitative estimate of drug-likeness (QED) is 0.639. The average Bonchev–Trinajstić information content (AvgIpc) is 2.56. The second-order valence-corrected chi connectivity index (χ2v) is 5.93. The van der Waals surface area contributed by atoms with E-state index in [4.69, 9.17) is 0 Å². The molecule has 0 heterocycles. The Morgan fingerprint density at radius 1 is 1.17 bits per heavy atom. The molecule has 1 N–H and O–H groups in total. The van der Waals surface area contributed by atoms with Crippen molar-refractivity contribution in [2.75, 3.05) is 7.11 Å². The van der Waals surface area contributed by atoms with E-state index in [9.17, 15) is 22.3 Å². The molecule has 0 radical (unpaired) electrons. The van der Waals surface area contributed by atoms with Gasteiger partial charge in [0, 0.05) is 18.7 Å². The molecule has 0 saturated heterocycles. The summed E-state index contributed by atoms with van der Waals surface area (Å²) in [4.78, 5) is 11.4. The van der Waals surface area contributed by atoms with E-state index in [0.29, 0.717) is 5.56 Å². The number of halogens is 2. The van der Waals surface area contributed by atoms with Crippen LogP contribution >= 0.6 is 0 Å². The summed E-state index contributed by atoms with van der Waals surface area (Å²) in [7, 11) is 1.19. The number of esters is 1. The Hall–Kier alpha value is -2.16. The van der Waals surface area contributed by atoms with E-state index in [2.05, 4.69) is 4.74 Å². The number of rotatable bonds is 6. The van der Waals surface area contributed by atoms with Crippen LogP contribution in [0.3, 0.4) is 0 Å². The lowest BCUT2D eigenvalue weighted by atomic mass is 10.1. The molecule has 0 amide bonds. The summed E-state index contributed by atoms with van der Waals surface area (Å²) in [5.41, 5.74) is 0.798. The summed E-state index contributed by atoms with van der Waals surface area (Å²) >= 11 is -2.35. The Morgan fingerprint density at radius 2 is 1.83 bits per heavy atom. The van der Waals surface area contributed by atoms with Gasteiger partial charge in [-0.2, -0.15) is 4.31 Å². The van der Waals surface area contributed by atoms with Gasteiger partial charge in [-0.15, -0.1) is 0 Å². The molecule has 5 nitrogen and oxygen atoms in total. The first-order valence-corrected chi connectivity index (χ1v) is 7.94. The van der Waals surface area contributed by atoms with Gasteiger partial charge in [-0.25, -0.2) is 17.8 Å². The lowest BCUT2D eigenvalue weighted by Crippen LogP contribution is -2.25. The van der Waals surface area contributed by atoms with Crippen molar-refractivity contribution in [2.24, 2.45) is 0 Å². The zero-order chi connectivity index (χ0) is 17.7. The third-order valence-electron chi connectivity index (χ3n) is 3.31. The van der Waals surface area contributed by atoms with Gasteiger partial charge in [-0.05, 0) is 29.8 Å². The van der Waals surface area contributed by atoms with Gasteiger partial charge in [-0.3, -0.25) is 4.55 Å². The molecule has 8 heteroatoms. The fraction of sp³-hybridized carbons (Fsp3) is 0.188. The Balaban J connectivity index is 2.17. The number of carbonyl (C=O) groups excluding carboxylic acids is 1. The molecule has 2 rings (SSSR count). The van der Waals surface area contributed by atoms with Crippen LogP contribution in [-0.4, -0.2) is 26.1 Å². The summed E-state index contributed by atoms with van der Waals surface area (Å²) in [5, 5.41) is 0. The van der Waals surface area contributed by atoms with Crippen LogP contribution in [0.5, 0.6) is 0 Å². The number of ether oxygens (including phenoxy) is 1. The fourth-order valence-corrected chi connectivity index (χ4v) is 2.58. The number of carbonyl (C=O) groups is 1. The van der Waals surface area contributed by atoms with Crippen molar-refractivity contribution in [1.29, 1.82) is 0 Å². The topological polar surface area (TPSA) is 66.8 Å². The Morgan fingerprint density at radius 3 is 2.38 bits per heavy atom. The monoisotopic (exact) mass is 355 g/mol. The average molecular weight is 355 g/mol. The van der Waals surface area contributed by atoms with E-state index in [-0.39, 0.29) is 24.2 Å². The molecule has 0 aliphatic rings. The molecule has 0 bridgehead atoms. The highest BCUT2D eigenvalue weighted by Gasteiger charge is 2.17. The molecular weight excluding hydrogens is 340 g/mol. The molecular formula is C16H15F2NO4S. The maximum absolute atomic E-state index is 14.1. The highest BCUT2D eigenvalue weighted by Crippen LogP contribution is 2.17. The molecule has 2 aromatic rings. The molecule has 0 spiro atoms. The summed E-state index contributed by atoms with van der Waals surface area (Å²) in [6.45, 7) is -0.130. The number of hydrogen-bond donors (Lipinski definition) is 1. The summed E-state index contributed by atoms with van der Waals surface area (Å²) in [6.07, 6.45) is 0. The van der Waals surface area contributed by atoms with Crippen molar-refractivity contribution in [3.63, 3.8) is 0 Å². The van der Waals surface area contributed by atoms with Crippen LogP contribution in [-0.2, 0) is 29.1 Å². The van der Waals surface area contributed by atoms with Crippen molar-refractivity contribution in [3.8, 4) is 0 Å². The molecule has 0 aliphatic heterocycles. The van der Waals surface area contributed by atoms with Gasteiger partial charge < -0.3 is 4.74 Å². The zero-order valence-electron chi connectivity index (χ0n) is 12.7. The smallest absolute Gasteiger partial charge is 0.337 e. The molecule has 0 fully saturated rings. The van der Waals surface area contributed by atoms with Gasteiger partial charge in [0.05, 0.1) is 12.7 Å². The van der Waals surface area contributed by atoms with Crippen molar-refractivity contribution >= 4 is 17.2 Å². The number of benzene rings is 2. The molecule has 128 valence electrons. The van der Waals surface area contributed by atoms with Crippen molar-refractivity contribution in [2.45, 2.75) is 13.1 Å². The zero-order valence-corrected chi connectivity index (χ0v) is 13.6. The molecule has 24 heavy (non-hydrogen) atoms. The Bertz CT molecular complexity index is 752. The van der Waals surface area contributed by atoms with E-state index in [0.717, 1.165) is 10.4 Å². The van der Waals surface area contributed by atoms with Gasteiger partial charge in [0.2, 0.25) is 11.3 Å². The van der Waals surface area contributed by atoms with Crippen molar-refractivity contribution in [1.82, 2.24) is 4.31 Å². The lowest BCUT2D eigenvalue weighted by molar-refractivity contribution is 0.0600. The minimum Gasteiger partial charge on any atom is -0.465 e. The molecule has 0 aromatic heterocycles. The number of nitrogens with zero attached hydrogens (tertiary/aromatic N) is 1. The molecule has 1 atom stereocenters. The largest absolute Gasteiger partial charge is 0.465 e. The first-order valence-electron chi connectivity index (χ1n) is 6.88. The Kier molecular flexibility index (Phi) is 6.13. The van der Waals surface area contributed by atoms with Crippen LogP contribution in [0.1, 0.15) is 21.5 Å². The minimum absolute atomic E-state index is 0.0293. The first-order chi connectivity index (χ1) is 11.4. The predicted octanol–water partition coefficient (Wildman–Crippen LogP) is 2.89. The van der Waals surface area contributed by atoms with E-state index in [1.165, 1.54) is 43.5 Å². The van der Waals surface area contributed by atoms with Crippen molar-refractivity contribution < 1.29 is 27.1 Å². The highest BCUT2D eigenvalue weighted by atomic mass is 32.2. The van der Waals surface area contributed by atoms with Crippen LogP contribution in [0.2, 0.25) is 0 Å². The number of methoxy groups -OCH3 is 1. The van der Waals surface area contributed by atoms with Gasteiger partial charge in [0.1, 0.15) is 11.6 Å². The third-order valence-corrected chi connectivity index (χ3v) is 4.01. The summed E-state index contributed by atoms with van der Waals surface area (Å²) in [5.74, 6) is -1.78. The first kappa shape index (κ1) is 18.2. The standard InChI is InChI=1S/C16H15F2NO4S/c1-23-16(20)12-4-5-13(15(18)8-12)10-19(24(21)22)9-11-2-6-14(17)7-3-11/h2-8H,9-10H2,1H3,(H,21,22). The summed E-state index contributed by atoms with van der Waals surface area (Å²) in [6, 6.07) is 9.17. The van der Waals surface area contributed by atoms with Gasteiger partial charge in [-0.1, -0.05) is 18.2 Å². The van der Waals surface area contributed by atoms with Crippen molar-refractivity contribution in [3.05, 3.63) is 70.8 Å². The van der Waals surface area contributed by atoms with Gasteiger partial charge in [0.25, 0.3) is 0 Å². The second kappa shape index (κ2) is 8.09. The molecule has 0 aliphatic carbocycles. The Labute approximate surface area is 140 Å². The minimum atomic E-state index is -2.35. The number of hydrogen-bond acceptors (Lipinski definition) is 3. The normalized spacial score (nSPS) is 12.2. The predicted molar refractivity (Wildman–Crippen MR) is 84.2 cm³/mol. The van der Waals surface area contributed by atoms with E-state index < -0.39 is 28.9 Å². The third kappa shape index (κ3) is 4.67. The van der Waals surface area contributed by atoms with E-state index in [1.807, 2.05) is 0 Å². The van der Waals surface area contributed by atoms with Crippen LogP contribution in [0.4, 0.5) is 8.78 Å². The SMILES string of the molecule is COC(=O)c1ccc(CN(Cc2ccc(F)cc2)S(=O)O)c(F)c1. The molecule has 2 aromatic carbocycles. The highest BCUT2D eigenvalue weighted by molar-refractivity contribution is 7.76. The van der Waals surface area contributed by atoms with Crippen LogP contribution in [0, 0.1) is 11.6 Å².